The van der Waals surface area contributed by atoms with E-state index < -0.39 is 12.0 Å². The van der Waals surface area contributed by atoms with Gasteiger partial charge in [0.25, 0.3) is 11.7 Å². The lowest BCUT2D eigenvalue weighted by Gasteiger charge is -2.08. The van der Waals surface area contributed by atoms with Crippen LogP contribution in [0.4, 0.5) is 13.2 Å². The molecule has 0 saturated heterocycles. The van der Waals surface area contributed by atoms with E-state index in [0.29, 0.717) is 5.56 Å². The van der Waals surface area contributed by atoms with E-state index in [4.69, 9.17) is 4.52 Å². The molecule has 0 saturated carbocycles. The first-order valence-electron chi connectivity index (χ1n) is 6.86. The molecule has 1 heterocycles. The normalized spacial score (nSPS) is 12.1. The van der Waals surface area contributed by atoms with Gasteiger partial charge in [-0.05, 0) is 27.6 Å². The zero-order valence-corrected chi connectivity index (χ0v) is 11.6. The first kappa shape index (κ1) is 13.8. The Hall–Kier alpha value is -2.89. The Balaban J connectivity index is 2.09. The highest BCUT2D eigenvalue weighted by molar-refractivity contribution is 6.11. The summed E-state index contributed by atoms with van der Waals surface area (Å²) in [6, 6.07) is 16.8. The molecule has 0 N–H and O–H groups in total. The van der Waals surface area contributed by atoms with Crippen LogP contribution in [0.25, 0.3) is 33.0 Å². The number of aromatic nitrogens is 2. The van der Waals surface area contributed by atoms with E-state index in [-0.39, 0.29) is 5.89 Å². The van der Waals surface area contributed by atoms with Gasteiger partial charge < -0.3 is 4.52 Å². The predicted molar refractivity (Wildman–Crippen MR) is 79.7 cm³/mol. The SMILES string of the molecule is FC(F)(F)c1noc(-c2c3ccccc3cc3ccccc23)n1. The second-order valence-corrected chi connectivity index (χ2v) is 5.11. The van der Waals surface area contributed by atoms with Gasteiger partial charge >= 0.3 is 6.18 Å². The molecule has 4 aromatic rings. The van der Waals surface area contributed by atoms with Gasteiger partial charge in [-0.3, -0.25) is 0 Å². The zero-order chi connectivity index (χ0) is 16.0. The summed E-state index contributed by atoms with van der Waals surface area (Å²) in [6.45, 7) is 0. The maximum Gasteiger partial charge on any atom is 0.455 e. The van der Waals surface area contributed by atoms with E-state index in [1.807, 2.05) is 54.6 Å². The highest BCUT2D eigenvalue weighted by atomic mass is 19.4. The summed E-state index contributed by atoms with van der Waals surface area (Å²) >= 11 is 0. The van der Waals surface area contributed by atoms with Crippen LogP contribution in [-0.4, -0.2) is 10.1 Å². The third kappa shape index (κ3) is 2.23. The van der Waals surface area contributed by atoms with Crippen molar-refractivity contribution in [2.45, 2.75) is 6.18 Å². The Morgan fingerprint density at radius 3 is 1.91 bits per heavy atom. The van der Waals surface area contributed by atoms with E-state index in [2.05, 4.69) is 10.1 Å². The average Bonchev–Trinajstić information content (AvgIpc) is 3.02. The fourth-order valence-corrected chi connectivity index (χ4v) is 2.68. The molecule has 0 spiro atoms. The number of rotatable bonds is 1. The van der Waals surface area contributed by atoms with Gasteiger partial charge in [-0.2, -0.15) is 18.2 Å². The molecule has 114 valence electrons. The highest BCUT2D eigenvalue weighted by Crippen LogP contribution is 2.37. The van der Waals surface area contributed by atoms with Crippen molar-refractivity contribution < 1.29 is 17.7 Å². The fourth-order valence-electron chi connectivity index (χ4n) is 2.68. The first-order chi connectivity index (χ1) is 11.0. The maximum atomic E-state index is 12.8. The van der Waals surface area contributed by atoms with Crippen LogP contribution in [0, 0.1) is 0 Å². The van der Waals surface area contributed by atoms with E-state index in [1.54, 1.807) is 0 Å². The summed E-state index contributed by atoms with van der Waals surface area (Å²) in [6.07, 6.45) is -4.64. The summed E-state index contributed by atoms with van der Waals surface area (Å²) in [5.74, 6) is -1.41. The highest BCUT2D eigenvalue weighted by Gasteiger charge is 2.37. The summed E-state index contributed by atoms with van der Waals surface area (Å²) in [5, 5.41) is 6.39. The second-order valence-electron chi connectivity index (χ2n) is 5.11. The molecule has 4 rings (SSSR count). The van der Waals surface area contributed by atoms with Crippen LogP contribution in [0.1, 0.15) is 5.82 Å². The number of halogens is 3. The van der Waals surface area contributed by atoms with Crippen molar-refractivity contribution in [2.24, 2.45) is 0 Å². The van der Waals surface area contributed by atoms with Gasteiger partial charge in [-0.25, -0.2) is 0 Å². The molecule has 0 aliphatic heterocycles. The van der Waals surface area contributed by atoms with Gasteiger partial charge in [-0.15, -0.1) is 0 Å². The zero-order valence-electron chi connectivity index (χ0n) is 11.6. The Bertz CT molecular complexity index is 967. The van der Waals surface area contributed by atoms with Gasteiger partial charge in [0.05, 0.1) is 5.56 Å². The van der Waals surface area contributed by atoms with Crippen LogP contribution in [0.15, 0.2) is 59.1 Å². The summed E-state index contributed by atoms with van der Waals surface area (Å²) in [7, 11) is 0. The lowest BCUT2D eigenvalue weighted by molar-refractivity contribution is -0.146. The van der Waals surface area contributed by atoms with Crippen molar-refractivity contribution in [2.75, 3.05) is 0 Å². The molecule has 0 fully saturated rings. The molecule has 0 atom stereocenters. The minimum atomic E-state index is -4.64. The van der Waals surface area contributed by atoms with Crippen LogP contribution in [-0.2, 0) is 6.18 Å². The van der Waals surface area contributed by atoms with Gasteiger partial charge in [0.15, 0.2) is 0 Å². The van der Waals surface area contributed by atoms with Crippen molar-refractivity contribution in [3.05, 3.63) is 60.4 Å². The van der Waals surface area contributed by atoms with Crippen molar-refractivity contribution in [1.29, 1.82) is 0 Å². The minimum Gasteiger partial charge on any atom is -0.334 e. The van der Waals surface area contributed by atoms with Gasteiger partial charge in [0.1, 0.15) is 0 Å². The first-order valence-corrected chi connectivity index (χ1v) is 6.86. The lowest BCUT2D eigenvalue weighted by Crippen LogP contribution is -2.07. The molecule has 3 aromatic carbocycles. The van der Waals surface area contributed by atoms with Gasteiger partial charge in [-0.1, -0.05) is 53.7 Å². The molecule has 0 aliphatic rings. The maximum absolute atomic E-state index is 12.8. The van der Waals surface area contributed by atoms with E-state index in [9.17, 15) is 13.2 Å². The van der Waals surface area contributed by atoms with E-state index in [1.165, 1.54) is 0 Å². The molecular formula is C17H9F3N2O. The Kier molecular flexibility index (Phi) is 2.87. The molecule has 23 heavy (non-hydrogen) atoms. The number of fused-ring (bicyclic) bond motifs is 2. The van der Waals surface area contributed by atoms with Crippen molar-refractivity contribution in [1.82, 2.24) is 10.1 Å². The van der Waals surface area contributed by atoms with E-state index >= 15 is 0 Å². The molecule has 0 aliphatic carbocycles. The topological polar surface area (TPSA) is 38.9 Å². The number of hydrogen-bond acceptors (Lipinski definition) is 3. The van der Waals surface area contributed by atoms with Crippen LogP contribution >= 0.6 is 0 Å². The molecule has 0 radical (unpaired) electrons. The Morgan fingerprint density at radius 1 is 0.826 bits per heavy atom. The monoisotopic (exact) mass is 314 g/mol. The van der Waals surface area contributed by atoms with Crippen LogP contribution in [0.5, 0.6) is 0 Å². The third-order valence-corrected chi connectivity index (χ3v) is 3.66. The number of alkyl halides is 3. The molecule has 0 unspecified atom stereocenters. The van der Waals surface area contributed by atoms with Gasteiger partial charge in [0.2, 0.25) is 0 Å². The Morgan fingerprint density at radius 2 is 1.39 bits per heavy atom. The van der Waals surface area contributed by atoms with Crippen molar-refractivity contribution in [3.63, 3.8) is 0 Å². The largest absolute Gasteiger partial charge is 0.455 e. The summed E-state index contributed by atoms with van der Waals surface area (Å²) in [4.78, 5) is 3.55. The molecule has 3 nitrogen and oxygen atoms in total. The third-order valence-electron chi connectivity index (χ3n) is 3.66. The summed E-state index contributed by atoms with van der Waals surface area (Å²) in [5.41, 5.74) is 0.515. The second kappa shape index (κ2) is 4.81. The van der Waals surface area contributed by atoms with Crippen molar-refractivity contribution >= 4 is 21.5 Å². The van der Waals surface area contributed by atoms with Crippen LogP contribution in [0.3, 0.4) is 0 Å². The minimum absolute atomic E-state index is 0.134. The van der Waals surface area contributed by atoms with Crippen molar-refractivity contribution in [3.8, 4) is 11.5 Å². The smallest absolute Gasteiger partial charge is 0.334 e. The fraction of sp³-hybridized carbons (Fsp3) is 0.0588. The average molecular weight is 314 g/mol. The van der Waals surface area contributed by atoms with Gasteiger partial charge in [0, 0.05) is 0 Å². The molecule has 0 amide bonds. The van der Waals surface area contributed by atoms with Crippen LogP contribution < -0.4 is 0 Å². The quantitative estimate of drug-likeness (QED) is 0.461. The molecule has 1 aromatic heterocycles. The lowest BCUT2D eigenvalue weighted by atomic mass is 9.97. The van der Waals surface area contributed by atoms with Crippen LogP contribution in [0.2, 0.25) is 0 Å². The van der Waals surface area contributed by atoms with E-state index in [0.717, 1.165) is 21.5 Å². The summed E-state index contributed by atoms with van der Waals surface area (Å²) < 4.78 is 43.2. The number of benzene rings is 3. The Labute approximate surface area is 128 Å². The molecule has 0 bridgehead atoms. The predicted octanol–water partition coefficient (Wildman–Crippen LogP) is 5.06. The number of hydrogen-bond donors (Lipinski definition) is 0. The number of nitrogens with zero attached hydrogens (tertiary/aromatic N) is 2. The molecule has 6 heteroatoms. The standard InChI is InChI=1S/C17H9F3N2O/c18-17(19,20)16-21-15(23-22-16)14-12-7-3-1-5-10(12)9-11-6-2-4-8-13(11)14/h1-9H. The molecular weight excluding hydrogens is 305 g/mol.